The highest BCUT2D eigenvalue weighted by Crippen LogP contribution is 2.27. The lowest BCUT2D eigenvalue weighted by molar-refractivity contribution is 0.484. The number of benzene rings is 1. The molecule has 1 heterocycles. The SMILES string of the molecule is C[C@H]1CCCCN1c1ccccc1CN. The van der Waals surface area contributed by atoms with Crippen LogP contribution in [0.4, 0.5) is 5.69 Å². The second kappa shape index (κ2) is 4.67. The molecule has 0 bridgehead atoms. The summed E-state index contributed by atoms with van der Waals surface area (Å²) in [5, 5.41) is 0. The van der Waals surface area contributed by atoms with Crippen LogP contribution in [0.2, 0.25) is 0 Å². The van der Waals surface area contributed by atoms with E-state index >= 15 is 0 Å². The van der Waals surface area contributed by atoms with Crippen molar-refractivity contribution in [3.8, 4) is 0 Å². The van der Waals surface area contributed by atoms with Gasteiger partial charge in [-0.3, -0.25) is 0 Å². The molecular weight excluding hydrogens is 184 g/mol. The Kier molecular flexibility index (Phi) is 3.27. The van der Waals surface area contributed by atoms with Crippen LogP contribution in [0.3, 0.4) is 0 Å². The van der Waals surface area contributed by atoms with Crippen LogP contribution in [-0.2, 0) is 6.54 Å². The molecule has 0 aliphatic carbocycles. The van der Waals surface area contributed by atoms with Gasteiger partial charge in [0.15, 0.2) is 0 Å². The Morgan fingerprint density at radius 1 is 1.33 bits per heavy atom. The fraction of sp³-hybridized carbons (Fsp3) is 0.538. The number of anilines is 1. The van der Waals surface area contributed by atoms with Crippen LogP contribution in [0, 0.1) is 0 Å². The summed E-state index contributed by atoms with van der Waals surface area (Å²) in [6.07, 6.45) is 3.98. The number of nitrogens with zero attached hydrogens (tertiary/aromatic N) is 1. The van der Waals surface area contributed by atoms with Crippen LogP contribution in [0.1, 0.15) is 31.7 Å². The van der Waals surface area contributed by atoms with Crippen LogP contribution in [0.15, 0.2) is 24.3 Å². The van der Waals surface area contributed by atoms with Crippen molar-refractivity contribution in [3.05, 3.63) is 29.8 Å². The van der Waals surface area contributed by atoms with E-state index in [9.17, 15) is 0 Å². The first-order chi connectivity index (χ1) is 7.33. The smallest absolute Gasteiger partial charge is 0.0414 e. The minimum Gasteiger partial charge on any atom is -0.369 e. The van der Waals surface area contributed by atoms with Crippen molar-refractivity contribution in [2.24, 2.45) is 5.73 Å². The van der Waals surface area contributed by atoms with Gasteiger partial charge in [-0.1, -0.05) is 18.2 Å². The lowest BCUT2D eigenvalue weighted by Crippen LogP contribution is -2.38. The maximum atomic E-state index is 5.78. The number of hydrogen-bond donors (Lipinski definition) is 1. The third-order valence-electron chi connectivity index (χ3n) is 3.32. The van der Waals surface area contributed by atoms with E-state index in [-0.39, 0.29) is 0 Å². The summed E-state index contributed by atoms with van der Waals surface area (Å²) in [5.41, 5.74) is 8.39. The van der Waals surface area contributed by atoms with E-state index in [0.29, 0.717) is 12.6 Å². The maximum absolute atomic E-state index is 5.78. The molecule has 0 unspecified atom stereocenters. The van der Waals surface area contributed by atoms with Crippen molar-refractivity contribution >= 4 is 5.69 Å². The molecule has 15 heavy (non-hydrogen) atoms. The monoisotopic (exact) mass is 204 g/mol. The first-order valence-corrected chi connectivity index (χ1v) is 5.87. The third-order valence-corrected chi connectivity index (χ3v) is 3.32. The molecule has 0 amide bonds. The Bertz CT molecular complexity index is 322. The zero-order chi connectivity index (χ0) is 10.7. The molecule has 0 spiro atoms. The highest BCUT2D eigenvalue weighted by atomic mass is 15.2. The largest absolute Gasteiger partial charge is 0.369 e. The highest BCUT2D eigenvalue weighted by Gasteiger charge is 2.19. The summed E-state index contributed by atoms with van der Waals surface area (Å²) >= 11 is 0. The molecule has 0 saturated carbocycles. The predicted octanol–water partition coefficient (Wildman–Crippen LogP) is 2.52. The Balaban J connectivity index is 2.26. The number of piperidine rings is 1. The zero-order valence-electron chi connectivity index (χ0n) is 9.45. The number of hydrogen-bond acceptors (Lipinski definition) is 2. The van der Waals surface area contributed by atoms with Gasteiger partial charge in [-0.2, -0.15) is 0 Å². The van der Waals surface area contributed by atoms with E-state index in [2.05, 4.69) is 36.1 Å². The van der Waals surface area contributed by atoms with Gasteiger partial charge < -0.3 is 10.6 Å². The van der Waals surface area contributed by atoms with Crippen LogP contribution in [0.25, 0.3) is 0 Å². The van der Waals surface area contributed by atoms with E-state index in [1.54, 1.807) is 0 Å². The Hall–Kier alpha value is -1.02. The molecule has 0 radical (unpaired) electrons. The Morgan fingerprint density at radius 2 is 2.13 bits per heavy atom. The average Bonchev–Trinajstić information content (AvgIpc) is 2.30. The number of para-hydroxylation sites is 1. The summed E-state index contributed by atoms with van der Waals surface area (Å²) < 4.78 is 0. The molecular formula is C13H20N2. The average molecular weight is 204 g/mol. The molecule has 1 aromatic carbocycles. The van der Waals surface area contributed by atoms with E-state index < -0.39 is 0 Å². The quantitative estimate of drug-likeness (QED) is 0.802. The molecule has 1 saturated heterocycles. The van der Waals surface area contributed by atoms with Crippen LogP contribution in [-0.4, -0.2) is 12.6 Å². The van der Waals surface area contributed by atoms with E-state index in [4.69, 9.17) is 5.73 Å². The first-order valence-electron chi connectivity index (χ1n) is 5.87. The second-order valence-corrected chi connectivity index (χ2v) is 4.37. The van der Waals surface area contributed by atoms with Crippen molar-refractivity contribution in [3.63, 3.8) is 0 Å². The molecule has 2 nitrogen and oxygen atoms in total. The topological polar surface area (TPSA) is 29.3 Å². The third kappa shape index (κ3) is 2.15. The van der Waals surface area contributed by atoms with Crippen LogP contribution >= 0.6 is 0 Å². The molecule has 1 atom stereocenters. The van der Waals surface area contributed by atoms with E-state index in [1.165, 1.54) is 37.1 Å². The summed E-state index contributed by atoms with van der Waals surface area (Å²) in [6.45, 7) is 4.13. The molecule has 2 N–H and O–H groups in total. The molecule has 1 fully saturated rings. The standard InChI is InChI=1S/C13H20N2/c1-11-6-4-5-9-15(11)13-8-3-2-7-12(13)10-14/h2-3,7-8,11H,4-6,9-10,14H2,1H3/t11-/m0/s1. The van der Waals surface area contributed by atoms with Gasteiger partial charge >= 0.3 is 0 Å². The molecule has 1 aromatic rings. The summed E-state index contributed by atoms with van der Waals surface area (Å²) in [7, 11) is 0. The van der Waals surface area contributed by atoms with Gasteiger partial charge in [0.25, 0.3) is 0 Å². The summed E-state index contributed by atoms with van der Waals surface area (Å²) in [4.78, 5) is 2.51. The number of nitrogens with two attached hydrogens (primary N) is 1. The van der Waals surface area contributed by atoms with Crippen LogP contribution in [0.5, 0.6) is 0 Å². The van der Waals surface area contributed by atoms with Crippen molar-refractivity contribution in [2.45, 2.75) is 38.8 Å². The lowest BCUT2D eigenvalue weighted by atomic mass is 10.0. The number of rotatable bonds is 2. The minimum atomic E-state index is 0.638. The summed E-state index contributed by atoms with van der Waals surface area (Å²) in [6, 6.07) is 9.17. The normalized spacial score (nSPS) is 21.7. The minimum absolute atomic E-state index is 0.638. The van der Waals surface area contributed by atoms with Gasteiger partial charge in [-0.05, 0) is 37.8 Å². The van der Waals surface area contributed by atoms with Gasteiger partial charge in [0.05, 0.1) is 0 Å². The molecule has 2 rings (SSSR count). The second-order valence-electron chi connectivity index (χ2n) is 4.37. The summed E-state index contributed by atoms with van der Waals surface area (Å²) in [5.74, 6) is 0. The fourth-order valence-electron chi connectivity index (χ4n) is 2.42. The molecule has 0 aromatic heterocycles. The Morgan fingerprint density at radius 3 is 2.87 bits per heavy atom. The molecule has 2 heteroatoms. The molecule has 82 valence electrons. The molecule has 1 aliphatic rings. The van der Waals surface area contributed by atoms with Gasteiger partial charge in [-0.15, -0.1) is 0 Å². The zero-order valence-corrected chi connectivity index (χ0v) is 9.45. The van der Waals surface area contributed by atoms with Gasteiger partial charge in [-0.25, -0.2) is 0 Å². The first kappa shape index (κ1) is 10.5. The van der Waals surface area contributed by atoms with Crippen molar-refractivity contribution in [1.82, 2.24) is 0 Å². The van der Waals surface area contributed by atoms with Gasteiger partial charge in [0.2, 0.25) is 0 Å². The Labute approximate surface area is 92.1 Å². The fourth-order valence-corrected chi connectivity index (χ4v) is 2.42. The van der Waals surface area contributed by atoms with Crippen molar-refractivity contribution in [2.75, 3.05) is 11.4 Å². The predicted molar refractivity (Wildman–Crippen MR) is 65.0 cm³/mol. The molecule has 1 aliphatic heterocycles. The van der Waals surface area contributed by atoms with Crippen molar-refractivity contribution < 1.29 is 0 Å². The maximum Gasteiger partial charge on any atom is 0.0414 e. The van der Waals surface area contributed by atoms with Gasteiger partial charge in [0.1, 0.15) is 0 Å². The van der Waals surface area contributed by atoms with Crippen molar-refractivity contribution in [1.29, 1.82) is 0 Å². The van der Waals surface area contributed by atoms with E-state index in [1.807, 2.05) is 0 Å². The lowest BCUT2D eigenvalue weighted by Gasteiger charge is -2.36. The van der Waals surface area contributed by atoms with E-state index in [0.717, 1.165) is 0 Å². The van der Waals surface area contributed by atoms with Crippen LogP contribution < -0.4 is 10.6 Å². The van der Waals surface area contributed by atoms with Gasteiger partial charge in [0, 0.05) is 24.8 Å². The highest BCUT2D eigenvalue weighted by molar-refractivity contribution is 5.54.